The second-order valence-corrected chi connectivity index (χ2v) is 6.94. The summed E-state index contributed by atoms with van der Waals surface area (Å²) in [6, 6.07) is 12.2. The maximum Gasteiger partial charge on any atom is 0.249 e. The van der Waals surface area contributed by atoms with Gasteiger partial charge in [0.15, 0.2) is 0 Å². The fraction of sp³-hybridized carbons (Fsp3) is 0.286. The van der Waals surface area contributed by atoms with Gasteiger partial charge in [0.1, 0.15) is 11.9 Å². The number of rotatable bonds is 4. The summed E-state index contributed by atoms with van der Waals surface area (Å²) in [5.41, 5.74) is 3.56. The van der Waals surface area contributed by atoms with E-state index in [4.69, 9.17) is 4.52 Å². The minimum Gasteiger partial charge on any atom is -0.337 e. The van der Waals surface area contributed by atoms with Gasteiger partial charge in [0.25, 0.3) is 0 Å². The Kier molecular flexibility index (Phi) is 4.48. The van der Waals surface area contributed by atoms with Crippen molar-refractivity contribution in [3.63, 3.8) is 0 Å². The van der Waals surface area contributed by atoms with Gasteiger partial charge in [-0.2, -0.15) is 4.98 Å². The number of carbonyl (C=O) groups excluding carboxylic acids is 1. The van der Waals surface area contributed by atoms with Gasteiger partial charge in [0, 0.05) is 24.1 Å². The van der Waals surface area contributed by atoms with E-state index >= 15 is 0 Å². The van der Waals surface area contributed by atoms with Gasteiger partial charge in [0.05, 0.1) is 0 Å². The number of aryl methyl sites for hydroxylation is 2. The molecule has 1 saturated heterocycles. The van der Waals surface area contributed by atoms with Gasteiger partial charge in [-0.3, -0.25) is 4.79 Å². The molecular formula is C21H20FN3O2. The van der Waals surface area contributed by atoms with Crippen LogP contribution in [0.4, 0.5) is 4.39 Å². The van der Waals surface area contributed by atoms with Crippen molar-refractivity contribution in [3.8, 4) is 11.4 Å². The molecule has 0 radical (unpaired) electrons. The predicted molar refractivity (Wildman–Crippen MR) is 98.1 cm³/mol. The fourth-order valence-electron chi connectivity index (χ4n) is 3.46. The lowest BCUT2D eigenvalue weighted by molar-refractivity contribution is -0.130. The number of aromatic nitrogens is 2. The normalized spacial score (nSPS) is 16.9. The fourth-order valence-corrected chi connectivity index (χ4v) is 3.46. The van der Waals surface area contributed by atoms with Gasteiger partial charge in [-0.15, -0.1) is 0 Å². The highest BCUT2D eigenvalue weighted by Crippen LogP contribution is 2.34. The van der Waals surface area contributed by atoms with Crippen LogP contribution in [0, 0.1) is 19.7 Å². The van der Waals surface area contributed by atoms with Gasteiger partial charge < -0.3 is 9.42 Å². The highest BCUT2D eigenvalue weighted by molar-refractivity contribution is 5.79. The first-order valence-electron chi connectivity index (χ1n) is 8.97. The summed E-state index contributed by atoms with van der Waals surface area (Å²) >= 11 is 0. The molecule has 0 saturated carbocycles. The third-order valence-electron chi connectivity index (χ3n) is 4.99. The van der Waals surface area contributed by atoms with E-state index in [2.05, 4.69) is 10.1 Å². The number of amides is 1. The van der Waals surface area contributed by atoms with Crippen LogP contribution in [-0.4, -0.2) is 20.9 Å². The lowest BCUT2D eigenvalue weighted by Crippen LogP contribution is -2.27. The van der Waals surface area contributed by atoms with Crippen LogP contribution in [0.5, 0.6) is 0 Å². The summed E-state index contributed by atoms with van der Waals surface area (Å²) < 4.78 is 19.5. The summed E-state index contributed by atoms with van der Waals surface area (Å²) in [7, 11) is 0. The highest BCUT2D eigenvalue weighted by atomic mass is 19.1. The van der Waals surface area contributed by atoms with Crippen LogP contribution >= 0.6 is 0 Å². The Bertz CT molecular complexity index is 999. The SMILES string of the molecule is Cc1ccc(C)c(-c2noc(C3CCC(=O)N3Cc3ccccc3F)n2)c1. The second-order valence-electron chi connectivity index (χ2n) is 6.94. The van der Waals surface area contributed by atoms with E-state index in [0.29, 0.717) is 30.1 Å². The molecule has 1 aliphatic rings. The summed E-state index contributed by atoms with van der Waals surface area (Å²) in [5, 5.41) is 4.12. The number of benzene rings is 2. The smallest absolute Gasteiger partial charge is 0.249 e. The topological polar surface area (TPSA) is 59.2 Å². The maximum atomic E-state index is 14.0. The molecule has 27 heavy (non-hydrogen) atoms. The van der Waals surface area contributed by atoms with E-state index in [0.717, 1.165) is 16.7 Å². The van der Waals surface area contributed by atoms with E-state index < -0.39 is 0 Å². The molecule has 5 nitrogen and oxygen atoms in total. The highest BCUT2D eigenvalue weighted by Gasteiger charge is 2.36. The number of likely N-dealkylation sites (tertiary alicyclic amines) is 1. The first kappa shape index (κ1) is 17.4. The Morgan fingerprint density at radius 3 is 2.85 bits per heavy atom. The molecule has 0 aliphatic carbocycles. The van der Waals surface area contributed by atoms with Crippen LogP contribution in [0.3, 0.4) is 0 Å². The van der Waals surface area contributed by atoms with Crippen LogP contribution in [0.1, 0.15) is 41.5 Å². The van der Waals surface area contributed by atoms with E-state index in [-0.39, 0.29) is 24.3 Å². The van der Waals surface area contributed by atoms with Crippen LogP contribution in [0.2, 0.25) is 0 Å². The Balaban J connectivity index is 1.63. The van der Waals surface area contributed by atoms with Crippen molar-refractivity contribution in [1.82, 2.24) is 15.0 Å². The standard InChI is InChI=1S/C21H20FN3O2/c1-13-7-8-14(2)16(11-13)20-23-21(27-24-20)18-9-10-19(26)25(18)12-15-5-3-4-6-17(15)22/h3-8,11,18H,9-10,12H2,1-2H3. The Morgan fingerprint density at radius 1 is 1.22 bits per heavy atom. The second kappa shape index (κ2) is 6.95. The predicted octanol–water partition coefficient (Wildman–Crippen LogP) is 4.36. The zero-order valence-electron chi connectivity index (χ0n) is 15.3. The van der Waals surface area contributed by atoms with E-state index in [1.54, 1.807) is 23.1 Å². The van der Waals surface area contributed by atoms with Crippen molar-refractivity contribution in [2.75, 3.05) is 0 Å². The van der Waals surface area contributed by atoms with Crippen LogP contribution in [0.15, 0.2) is 47.0 Å². The average molecular weight is 365 g/mol. The van der Waals surface area contributed by atoms with Gasteiger partial charge >= 0.3 is 0 Å². The molecule has 2 aromatic carbocycles. The van der Waals surface area contributed by atoms with Crippen molar-refractivity contribution in [2.45, 2.75) is 39.3 Å². The van der Waals surface area contributed by atoms with Crippen molar-refractivity contribution < 1.29 is 13.7 Å². The van der Waals surface area contributed by atoms with E-state index in [9.17, 15) is 9.18 Å². The lowest BCUT2D eigenvalue weighted by atomic mass is 10.1. The molecule has 0 N–H and O–H groups in total. The molecule has 4 rings (SSSR count). The van der Waals surface area contributed by atoms with Gasteiger partial charge in [-0.1, -0.05) is 41.1 Å². The summed E-state index contributed by atoms with van der Waals surface area (Å²) in [5.74, 6) is 0.553. The molecular weight excluding hydrogens is 345 g/mol. The van der Waals surface area contributed by atoms with Crippen LogP contribution < -0.4 is 0 Å². The third kappa shape index (κ3) is 3.35. The third-order valence-corrected chi connectivity index (χ3v) is 4.99. The average Bonchev–Trinajstić information content (AvgIpc) is 3.26. The molecule has 1 atom stereocenters. The molecule has 6 heteroatoms. The lowest BCUT2D eigenvalue weighted by Gasteiger charge is -2.22. The number of hydrogen-bond acceptors (Lipinski definition) is 4. The zero-order valence-corrected chi connectivity index (χ0v) is 15.3. The Labute approximate surface area is 156 Å². The van der Waals surface area contributed by atoms with Gasteiger partial charge in [0.2, 0.25) is 17.6 Å². The monoisotopic (exact) mass is 365 g/mol. The Hall–Kier alpha value is -3.02. The molecule has 0 bridgehead atoms. The summed E-state index contributed by atoms with van der Waals surface area (Å²) in [4.78, 5) is 18.5. The molecule has 1 fully saturated rings. The van der Waals surface area contributed by atoms with Crippen LogP contribution in [-0.2, 0) is 11.3 Å². The van der Waals surface area contributed by atoms with Crippen molar-refractivity contribution >= 4 is 5.91 Å². The number of carbonyl (C=O) groups is 1. The van der Waals surface area contributed by atoms with Crippen molar-refractivity contribution in [1.29, 1.82) is 0 Å². The molecule has 3 aromatic rings. The molecule has 1 amide bonds. The van der Waals surface area contributed by atoms with Crippen molar-refractivity contribution in [3.05, 3.63) is 70.9 Å². The molecule has 1 unspecified atom stereocenters. The quantitative estimate of drug-likeness (QED) is 0.689. The largest absolute Gasteiger partial charge is 0.337 e. The van der Waals surface area contributed by atoms with E-state index in [1.807, 2.05) is 32.0 Å². The first-order chi connectivity index (χ1) is 13.0. The Morgan fingerprint density at radius 2 is 2.04 bits per heavy atom. The van der Waals surface area contributed by atoms with Crippen molar-refractivity contribution in [2.24, 2.45) is 0 Å². The van der Waals surface area contributed by atoms with Gasteiger partial charge in [-0.25, -0.2) is 4.39 Å². The van der Waals surface area contributed by atoms with E-state index in [1.165, 1.54) is 6.07 Å². The van der Waals surface area contributed by atoms with Crippen LogP contribution in [0.25, 0.3) is 11.4 Å². The number of hydrogen-bond donors (Lipinski definition) is 0. The molecule has 2 heterocycles. The molecule has 1 aromatic heterocycles. The summed E-state index contributed by atoms with van der Waals surface area (Å²) in [6.07, 6.45) is 0.974. The minimum atomic E-state index is -0.330. The number of halogens is 1. The molecule has 138 valence electrons. The first-order valence-corrected chi connectivity index (χ1v) is 8.97. The molecule has 1 aliphatic heterocycles. The zero-order chi connectivity index (χ0) is 19.0. The number of nitrogens with zero attached hydrogens (tertiary/aromatic N) is 3. The minimum absolute atomic E-state index is 0.0326. The molecule has 0 spiro atoms. The maximum absolute atomic E-state index is 14.0. The summed E-state index contributed by atoms with van der Waals surface area (Å²) in [6.45, 7) is 4.20. The van der Waals surface area contributed by atoms with Gasteiger partial charge in [-0.05, 0) is 38.0 Å².